The standard InChI is InChI=1S/C26H32ClN3O4/c1-17-14-30(23-8-6-5-7-18(23)15-29(17)25(33)34-26(2,3)4)24(32)21-10-9-19(13-22(21)27)28-12-11-20(31)16-28/h5-10,13,17,20,31H,11-12,14-16H2,1-4H3/t17?,20-/m1/s1. The third-order valence-electron chi connectivity index (χ3n) is 6.19. The van der Waals surface area contributed by atoms with Crippen molar-refractivity contribution in [1.82, 2.24) is 4.90 Å². The van der Waals surface area contributed by atoms with E-state index in [9.17, 15) is 14.7 Å². The lowest BCUT2D eigenvalue weighted by Gasteiger charge is -2.31. The zero-order valence-electron chi connectivity index (χ0n) is 20.1. The summed E-state index contributed by atoms with van der Waals surface area (Å²) >= 11 is 6.59. The number of hydrogen-bond donors (Lipinski definition) is 1. The number of anilines is 2. The Kier molecular flexibility index (Phi) is 6.78. The van der Waals surface area contributed by atoms with E-state index in [4.69, 9.17) is 16.3 Å². The van der Waals surface area contributed by atoms with Gasteiger partial charge in [-0.05, 0) is 63.9 Å². The molecule has 1 saturated heterocycles. The molecule has 0 saturated carbocycles. The predicted molar refractivity (Wildman–Crippen MR) is 134 cm³/mol. The lowest BCUT2D eigenvalue weighted by Crippen LogP contribution is -2.46. The third-order valence-corrected chi connectivity index (χ3v) is 6.50. The molecule has 0 spiro atoms. The first-order valence-electron chi connectivity index (χ1n) is 11.7. The lowest BCUT2D eigenvalue weighted by molar-refractivity contribution is 0.0167. The van der Waals surface area contributed by atoms with Crippen LogP contribution in [0, 0.1) is 0 Å². The Morgan fingerprint density at radius 2 is 1.85 bits per heavy atom. The number of rotatable bonds is 2. The summed E-state index contributed by atoms with van der Waals surface area (Å²) < 4.78 is 5.63. The Bertz CT molecular complexity index is 1080. The third kappa shape index (κ3) is 5.15. The second kappa shape index (κ2) is 9.47. The van der Waals surface area contributed by atoms with Crippen molar-refractivity contribution in [1.29, 1.82) is 0 Å². The van der Waals surface area contributed by atoms with Gasteiger partial charge < -0.3 is 19.6 Å². The van der Waals surface area contributed by atoms with E-state index in [0.29, 0.717) is 30.2 Å². The number of carbonyl (C=O) groups is 2. The van der Waals surface area contributed by atoms with Crippen molar-refractivity contribution in [3.05, 3.63) is 58.6 Å². The number of amides is 2. The Morgan fingerprint density at radius 1 is 1.12 bits per heavy atom. The van der Waals surface area contributed by atoms with Gasteiger partial charge in [0.25, 0.3) is 5.91 Å². The largest absolute Gasteiger partial charge is 0.444 e. The monoisotopic (exact) mass is 485 g/mol. The summed E-state index contributed by atoms with van der Waals surface area (Å²) in [4.78, 5) is 32.1. The quantitative estimate of drug-likeness (QED) is 0.667. The van der Waals surface area contributed by atoms with E-state index >= 15 is 0 Å². The van der Waals surface area contributed by atoms with E-state index in [-0.39, 0.29) is 18.1 Å². The molecule has 7 nitrogen and oxygen atoms in total. The Labute approximate surface area is 205 Å². The summed E-state index contributed by atoms with van der Waals surface area (Å²) in [7, 11) is 0. The van der Waals surface area contributed by atoms with Crippen LogP contribution < -0.4 is 9.80 Å². The molecule has 0 radical (unpaired) electrons. The molecule has 1 fully saturated rings. The topological polar surface area (TPSA) is 73.3 Å². The molecule has 2 amide bonds. The molecule has 1 unspecified atom stereocenters. The van der Waals surface area contributed by atoms with Crippen LogP contribution in [0.15, 0.2) is 42.5 Å². The molecule has 1 N–H and O–H groups in total. The summed E-state index contributed by atoms with van der Waals surface area (Å²) in [5.74, 6) is -0.219. The van der Waals surface area contributed by atoms with Gasteiger partial charge in [-0.25, -0.2) is 4.79 Å². The normalized spacial score (nSPS) is 20.7. The van der Waals surface area contributed by atoms with Crippen LogP contribution in [0.2, 0.25) is 5.02 Å². The number of nitrogens with zero attached hydrogens (tertiary/aromatic N) is 3. The number of fused-ring (bicyclic) bond motifs is 1. The highest BCUT2D eigenvalue weighted by atomic mass is 35.5. The smallest absolute Gasteiger partial charge is 0.410 e. The van der Waals surface area contributed by atoms with Crippen LogP contribution in [0.3, 0.4) is 0 Å². The molecule has 4 rings (SSSR count). The molecule has 2 aromatic carbocycles. The van der Waals surface area contributed by atoms with Crippen molar-refractivity contribution in [3.8, 4) is 0 Å². The maximum atomic E-state index is 13.7. The van der Waals surface area contributed by atoms with Gasteiger partial charge in [0, 0.05) is 31.0 Å². The van der Waals surface area contributed by atoms with Gasteiger partial charge in [0.05, 0.1) is 29.3 Å². The Hall–Kier alpha value is -2.77. The minimum absolute atomic E-state index is 0.219. The fourth-order valence-corrected chi connectivity index (χ4v) is 4.72. The van der Waals surface area contributed by atoms with E-state index in [0.717, 1.165) is 29.9 Å². The Morgan fingerprint density at radius 3 is 2.50 bits per heavy atom. The molecule has 0 bridgehead atoms. The van der Waals surface area contributed by atoms with Crippen LogP contribution in [0.4, 0.5) is 16.2 Å². The van der Waals surface area contributed by atoms with Crippen LogP contribution >= 0.6 is 11.6 Å². The van der Waals surface area contributed by atoms with Crippen LogP contribution in [0.25, 0.3) is 0 Å². The highest BCUT2D eigenvalue weighted by Crippen LogP contribution is 2.32. The van der Waals surface area contributed by atoms with Gasteiger partial charge in [0.2, 0.25) is 0 Å². The number of halogens is 1. The summed E-state index contributed by atoms with van der Waals surface area (Å²) in [5.41, 5.74) is 2.30. The fourth-order valence-electron chi connectivity index (χ4n) is 4.46. The van der Waals surface area contributed by atoms with E-state index in [1.807, 2.05) is 58.0 Å². The van der Waals surface area contributed by atoms with Gasteiger partial charge in [-0.15, -0.1) is 0 Å². The average molecular weight is 486 g/mol. The zero-order chi connectivity index (χ0) is 24.6. The molecule has 2 aliphatic rings. The molecular formula is C26H32ClN3O4. The molecule has 2 atom stereocenters. The Balaban J connectivity index is 1.63. The second-order valence-corrected chi connectivity index (χ2v) is 10.5. The van der Waals surface area contributed by atoms with E-state index in [2.05, 4.69) is 4.90 Å². The number of aliphatic hydroxyl groups is 1. The number of β-amino-alcohol motifs (C(OH)–C–C–N with tert-alkyl or cyclic N) is 1. The lowest BCUT2D eigenvalue weighted by atomic mass is 10.1. The SMILES string of the molecule is CC1CN(C(=O)c2ccc(N3CC[C@@H](O)C3)cc2Cl)c2ccccc2CN1C(=O)OC(C)(C)C. The summed E-state index contributed by atoms with van der Waals surface area (Å²) in [6, 6.07) is 12.7. The number of ether oxygens (including phenoxy) is 1. The highest BCUT2D eigenvalue weighted by molar-refractivity contribution is 6.34. The average Bonchev–Trinajstić information content (AvgIpc) is 3.14. The van der Waals surface area contributed by atoms with Gasteiger partial charge in [-0.3, -0.25) is 9.69 Å². The predicted octanol–water partition coefficient (Wildman–Crippen LogP) is 4.70. The van der Waals surface area contributed by atoms with Crippen LogP contribution in [-0.4, -0.2) is 59.4 Å². The van der Waals surface area contributed by atoms with Crippen molar-refractivity contribution in [2.45, 2.75) is 58.4 Å². The van der Waals surface area contributed by atoms with Crippen molar-refractivity contribution < 1.29 is 19.4 Å². The van der Waals surface area contributed by atoms with Crippen molar-refractivity contribution in [2.24, 2.45) is 0 Å². The van der Waals surface area contributed by atoms with Gasteiger partial charge in [0.15, 0.2) is 0 Å². The first-order valence-corrected chi connectivity index (χ1v) is 12.0. The minimum Gasteiger partial charge on any atom is -0.444 e. The summed E-state index contributed by atoms with van der Waals surface area (Å²) in [5, 5.41) is 10.2. The van der Waals surface area contributed by atoms with E-state index in [1.165, 1.54) is 0 Å². The molecule has 0 aliphatic carbocycles. The molecule has 8 heteroatoms. The zero-order valence-corrected chi connectivity index (χ0v) is 20.9. The number of benzene rings is 2. The molecule has 182 valence electrons. The first kappa shape index (κ1) is 24.4. The maximum absolute atomic E-state index is 13.7. The van der Waals surface area contributed by atoms with Gasteiger partial charge in [-0.2, -0.15) is 0 Å². The summed E-state index contributed by atoms with van der Waals surface area (Å²) in [6.45, 7) is 9.40. The van der Waals surface area contributed by atoms with E-state index < -0.39 is 11.7 Å². The van der Waals surface area contributed by atoms with Crippen LogP contribution in [0.1, 0.15) is 50.0 Å². The number of carbonyl (C=O) groups excluding carboxylic acids is 2. The molecule has 34 heavy (non-hydrogen) atoms. The number of aliphatic hydroxyl groups excluding tert-OH is 1. The molecule has 2 aromatic rings. The molecular weight excluding hydrogens is 454 g/mol. The summed E-state index contributed by atoms with van der Waals surface area (Å²) in [6.07, 6.45) is -0.0306. The fraction of sp³-hybridized carbons (Fsp3) is 0.462. The van der Waals surface area contributed by atoms with Crippen molar-refractivity contribution in [2.75, 3.05) is 29.4 Å². The molecule has 2 heterocycles. The van der Waals surface area contributed by atoms with Crippen molar-refractivity contribution in [3.63, 3.8) is 0 Å². The number of hydrogen-bond acceptors (Lipinski definition) is 5. The maximum Gasteiger partial charge on any atom is 0.410 e. The van der Waals surface area contributed by atoms with Gasteiger partial charge in [-0.1, -0.05) is 29.8 Å². The van der Waals surface area contributed by atoms with Gasteiger partial charge >= 0.3 is 6.09 Å². The second-order valence-electron chi connectivity index (χ2n) is 10.1. The van der Waals surface area contributed by atoms with Crippen LogP contribution in [-0.2, 0) is 11.3 Å². The molecule has 2 aliphatic heterocycles. The van der Waals surface area contributed by atoms with Gasteiger partial charge in [0.1, 0.15) is 5.60 Å². The van der Waals surface area contributed by atoms with Crippen LogP contribution in [0.5, 0.6) is 0 Å². The number of para-hydroxylation sites is 1. The first-order chi connectivity index (χ1) is 16.0. The minimum atomic E-state index is -0.612. The molecule has 0 aromatic heterocycles. The van der Waals surface area contributed by atoms with Crippen molar-refractivity contribution >= 4 is 35.0 Å². The van der Waals surface area contributed by atoms with E-state index in [1.54, 1.807) is 21.9 Å². The highest BCUT2D eigenvalue weighted by Gasteiger charge is 2.34.